The second kappa shape index (κ2) is 13.5. The average molecular weight is 642 g/mol. The summed E-state index contributed by atoms with van der Waals surface area (Å²) in [6.45, 7) is 0.852. The molecule has 0 radical (unpaired) electrons. The fraction of sp³-hybridized carbons (Fsp3) is 0.182. The fourth-order valence-corrected chi connectivity index (χ4v) is 7.36. The lowest BCUT2D eigenvalue weighted by molar-refractivity contribution is 0.141. The Morgan fingerprint density at radius 1 is 0.735 bits per heavy atom. The highest BCUT2D eigenvalue weighted by atomic mass is 16.5. The van der Waals surface area contributed by atoms with Crippen molar-refractivity contribution in [3.05, 3.63) is 148 Å². The molecule has 9 rings (SSSR count). The normalized spacial score (nSPS) is 13.5. The van der Waals surface area contributed by atoms with Crippen molar-refractivity contribution in [3.63, 3.8) is 0 Å². The molecule has 5 heteroatoms. The predicted molar refractivity (Wildman–Crippen MR) is 200 cm³/mol. The minimum Gasteiger partial charge on any atom is -0.444 e. The van der Waals surface area contributed by atoms with Crippen molar-refractivity contribution in [1.82, 2.24) is 9.55 Å². The van der Waals surface area contributed by atoms with E-state index in [0.29, 0.717) is 6.54 Å². The van der Waals surface area contributed by atoms with Crippen molar-refractivity contribution in [2.45, 2.75) is 51.7 Å². The zero-order valence-corrected chi connectivity index (χ0v) is 27.6. The highest BCUT2D eigenvalue weighted by molar-refractivity contribution is 5.97. The standard InChI is InChI=1S/C25H25N.C19H14N2O2/c26-16-17-9-11-19(12-10-17)24-15-25-20-6-2-1-5-18(20)13-14-23(25)21-7-3-4-8-22(21)24;22-19(23-13-14-6-2-1-3-7-14)21-11-10-16-15-8-4-5-9-17(15)20-18(16)12-21/h7-15H,1-6,16,26H2;1-12H,13H2. The van der Waals surface area contributed by atoms with E-state index in [1.165, 1.54) is 68.2 Å². The van der Waals surface area contributed by atoms with Crippen molar-refractivity contribution < 1.29 is 9.53 Å². The summed E-state index contributed by atoms with van der Waals surface area (Å²) in [7, 11) is 0. The summed E-state index contributed by atoms with van der Waals surface area (Å²) < 4.78 is 6.76. The van der Waals surface area contributed by atoms with E-state index in [-0.39, 0.29) is 6.61 Å². The molecule has 0 atom stereocenters. The molecule has 0 fully saturated rings. The monoisotopic (exact) mass is 641 g/mol. The van der Waals surface area contributed by atoms with Crippen LogP contribution < -0.4 is 16.2 Å². The van der Waals surface area contributed by atoms with E-state index in [4.69, 9.17) is 10.5 Å². The number of pyridine rings is 1. The van der Waals surface area contributed by atoms with Gasteiger partial charge in [-0.15, -0.1) is 0 Å². The topological polar surface area (TPSA) is 70.1 Å². The molecule has 0 saturated heterocycles. The second-order valence-corrected chi connectivity index (χ2v) is 13.0. The molecule has 2 heterocycles. The number of aromatic nitrogens is 2. The minimum atomic E-state index is -0.414. The molecule has 2 aliphatic carbocycles. The summed E-state index contributed by atoms with van der Waals surface area (Å²) >= 11 is 0. The maximum atomic E-state index is 12.2. The van der Waals surface area contributed by atoms with Gasteiger partial charge in [-0.3, -0.25) is 4.57 Å². The molecule has 5 aromatic carbocycles. The van der Waals surface area contributed by atoms with Crippen LogP contribution in [0.25, 0.3) is 56.2 Å². The number of ether oxygens (including phenoxy) is 1. The van der Waals surface area contributed by atoms with Gasteiger partial charge in [-0.05, 0) is 111 Å². The Kier molecular flexibility index (Phi) is 8.51. The summed E-state index contributed by atoms with van der Waals surface area (Å²) in [6.07, 6.45) is 15.3. The van der Waals surface area contributed by atoms with Gasteiger partial charge in [0.25, 0.3) is 0 Å². The van der Waals surface area contributed by atoms with Crippen LogP contribution >= 0.6 is 0 Å². The Morgan fingerprint density at radius 2 is 1.51 bits per heavy atom. The Morgan fingerprint density at radius 3 is 2.35 bits per heavy atom. The first-order chi connectivity index (χ1) is 24.2. The number of nitrogens with two attached hydrogens (primary N) is 1. The van der Waals surface area contributed by atoms with Crippen LogP contribution in [0.5, 0.6) is 0 Å². The lowest BCUT2D eigenvalue weighted by Crippen LogP contribution is -2.30. The summed E-state index contributed by atoms with van der Waals surface area (Å²) in [4.78, 5) is 16.7. The van der Waals surface area contributed by atoms with E-state index in [1.54, 1.807) is 23.5 Å². The molecular formula is C44H39N3O2. The lowest BCUT2D eigenvalue weighted by atomic mass is 9.84. The maximum Gasteiger partial charge on any atom is 0.418 e. The van der Waals surface area contributed by atoms with E-state index in [2.05, 4.69) is 59.6 Å². The van der Waals surface area contributed by atoms with E-state index >= 15 is 0 Å². The van der Waals surface area contributed by atoms with Crippen molar-refractivity contribution in [2.24, 2.45) is 5.73 Å². The van der Waals surface area contributed by atoms with Crippen LogP contribution in [0, 0.1) is 0 Å². The zero-order valence-electron chi connectivity index (χ0n) is 27.6. The van der Waals surface area contributed by atoms with Crippen LogP contribution in [0.15, 0.2) is 116 Å². The molecule has 0 unspecified atom stereocenters. The van der Waals surface area contributed by atoms with E-state index in [0.717, 1.165) is 40.6 Å². The number of hydrogen-bond acceptors (Lipinski definition) is 4. The zero-order chi connectivity index (χ0) is 33.2. The van der Waals surface area contributed by atoms with Gasteiger partial charge in [-0.2, -0.15) is 0 Å². The number of carbonyl (C=O) groups excluding carboxylic acids is 1. The molecule has 5 aromatic rings. The van der Waals surface area contributed by atoms with Gasteiger partial charge in [0, 0.05) is 29.9 Å². The molecule has 4 aliphatic rings. The summed E-state index contributed by atoms with van der Waals surface area (Å²) in [5, 5.41) is 6.87. The number of para-hydroxylation sites is 1. The Bertz CT molecular complexity index is 2390. The molecule has 0 bridgehead atoms. The van der Waals surface area contributed by atoms with Crippen molar-refractivity contribution in [1.29, 1.82) is 0 Å². The molecule has 0 aromatic heterocycles. The Balaban J connectivity index is 0.000000143. The Hall–Kier alpha value is -5.52. The smallest absolute Gasteiger partial charge is 0.418 e. The first kappa shape index (κ1) is 30.8. The lowest BCUT2D eigenvalue weighted by Gasteiger charge is -2.20. The van der Waals surface area contributed by atoms with Gasteiger partial charge in [0.05, 0.1) is 11.2 Å². The van der Waals surface area contributed by atoms with Crippen molar-refractivity contribution in [2.75, 3.05) is 0 Å². The van der Waals surface area contributed by atoms with Crippen LogP contribution in [-0.4, -0.2) is 15.6 Å². The van der Waals surface area contributed by atoms with Crippen molar-refractivity contribution in [3.8, 4) is 22.4 Å². The summed E-state index contributed by atoms with van der Waals surface area (Å²) in [5.74, 6) is 0. The maximum absolute atomic E-state index is 12.2. The van der Waals surface area contributed by atoms with Crippen LogP contribution in [-0.2, 0) is 30.7 Å². The minimum absolute atomic E-state index is 0.251. The number of fused-ring (bicyclic) bond motifs is 8. The highest BCUT2D eigenvalue weighted by Crippen LogP contribution is 2.31. The molecule has 2 N–H and O–H groups in total. The quantitative estimate of drug-likeness (QED) is 0.209. The number of hydrogen-bond donors (Lipinski definition) is 1. The van der Waals surface area contributed by atoms with Gasteiger partial charge < -0.3 is 10.5 Å². The second-order valence-electron chi connectivity index (χ2n) is 13.0. The first-order valence-electron chi connectivity index (χ1n) is 17.3. The third-order valence-electron chi connectivity index (χ3n) is 9.89. The van der Waals surface area contributed by atoms with Crippen LogP contribution in [0.1, 0.15) is 47.9 Å². The van der Waals surface area contributed by atoms with E-state index in [9.17, 15) is 4.79 Å². The number of aryl methyl sites for hydroxylation is 2. The number of nitrogens with zero attached hydrogens (tertiary/aromatic N) is 2. The predicted octanol–water partition coefficient (Wildman–Crippen LogP) is 8.53. The third-order valence-corrected chi connectivity index (χ3v) is 9.89. The van der Waals surface area contributed by atoms with Crippen LogP contribution in [0.4, 0.5) is 4.79 Å². The van der Waals surface area contributed by atoms with Gasteiger partial charge in [0.1, 0.15) is 6.61 Å². The van der Waals surface area contributed by atoms with Crippen LogP contribution in [0.3, 0.4) is 0 Å². The highest BCUT2D eigenvalue weighted by Gasteiger charge is 2.17. The number of rotatable bonds is 4. The fourth-order valence-electron chi connectivity index (χ4n) is 7.36. The first-order valence-corrected chi connectivity index (χ1v) is 17.3. The molecule has 0 amide bonds. The summed E-state index contributed by atoms with van der Waals surface area (Å²) in [6, 6.07) is 35.5. The SMILES string of the molecule is NCc1ccc(-c2cc3c4c(ccc3c3c2=CCCC=3)CCCC4)cc1.O=C(OCc1ccccc1)n1ccc2c3ccccc3nc-2c1. The van der Waals surface area contributed by atoms with Gasteiger partial charge in [-0.1, -0.05) is 97.1 Å². The van der Waals surface area contributed by atoms with Gasteiger partial charge in [0.2, 0.25) is 0 Å². The number of carbonyl (C=O) groups is 1. The molecule has 49 heavy (non-hydrogen) atoms. The molecule has 2 aliphatic heterocycles. The van der Waals surface area contributed by atoms with Gasteiger partial charge >= 0.3 is 6.09 Å². The Labute approximate surface area is 286 Å². The molecular weight excluding hydrogens is 603 g/mol. The van der Waals surface area contributed by atoms with E-state index < -0.39 is 6.09 Å². The van der Waals surface area contributed by atoms with Gasteiger partial charge in [-0.25, -0.2) is 9.78 Å². The molecule has 5 nitrogen and oxygen atoms in total. The largest absolute Gasteiger partial charge is 0.444 e. The van der Waals surface area contributed by atoms with Gasteiger partial charge in [0.15, 0.2) is 0 Å². The van der Waals surface area contributed by atoms with Crippen molar-refractivity contribution >= 4 is 39.9 Å². The summed E-state index contributed by atoms with van der Waals surface area (Å²) in [5.41, 5.74) is 16.5. The average Bonchev–Trinajstić information content (AvgIpc) is 3.55. The molecule has 0 saturated carbocycles. The molecule has 0 spiro atoms. The number of benzene rings is 5. The third kappa shape index (κ3) is 6.14. The van der Waals surface area contributed by atoms with E-state index in [1.807, 2.05) is 60.7 Å². The molecule has 242 valence electrons. The van der Waals surface area contributed by atoms with Crippen LogP contribution in [0.2, 0.25) is 0 Å².